The number of sulfone groups is 1. The highest BCUT2D eigenvalue weighted by atomic mass is 32.2. The molecule has 0 aliphatic heterocycles. The molecule has 2 rings (SSSR count). The molecular formula is C13H14N2O3S. The van der Waals surface area contributed by atoms with E-state index in [1.807, 2.05) is 0 Å². The van der Waals surface area contributed by atoms with Gasteiger partial charge in [-0.3, -0.25) is 0 Å². The summed E-state index contributed by atoms with van der Waals surface area (Å²) in [6, 6.07) is 13.1. The predicted molar refractivity (Wildman–Crippen MR) is 72.1 cm³/mol. The Bertz CT molecular complexity index is 561. The summed E-state index contributed by atoms with van der Waals surface area (Å²) in [6.45, 7) is 1.64. The first-order chi connectivity index (χ1) is 9.12. The molecule has 0 spiro atoms. The van der Waals surface area contributed by atoms with Gasteiger partial charge < -0.3 is 5.21 Å². The minimum Gasteiger partial charge on any atom is -0.411 e. The largest absolute Gasteiger partial charge is 0.411 e. The minimum atomic E-state index is -3.45. The lowest BCUT2D eigenvalue weighted by atomic mass is 10.4. The van der Waals surface area contributed by atoms with Crippen molar-refractivity contribution < 1.29 is 13.6 Å². The average Bonchev–Trinajstić information content (AvgIpc) is 2.49. The average molecular weight is 278 g/mol. The van der Waals surface area contributed by atoms with E-state index in [2.05, 4.69) is 10.1 Å². The second-order valence-corrected chi connectivity index (χ2v) is 5.25. The molecule has 1 N–H and O–H groups in total. The van der Waals surface area contributed by atoms with Gasteiger partial charge in [0.25, 0.3) is 0 Å². The van der Waals surface area contributed by atoms with E-state index in [0.29, 0.717) is 0 Å². The van der Waals surface area contributed by atoms with Crippen LogP contribution in [0.4, 0.5) is 0 Å². The van der Waals surface area contributed by atoms with Gasteiger partial charge in [-0.2, -0.15) is 0 Å². The highest BCUT2D eigenvalue weighted by Gasteiger charge is 2.17. The Balaban J connectivity index is 0.000000399. The molecule has 1 aromatic carbocycles. The number of hydrogen-bond donors (Lipinski definition) is 1. The number of rotatable bonds is 2. The van der Waals surface area contributed by atoms with Crippen molar-refractivity contribution in [3.05, 3.63) is 54.7 Å². The van der Waals surface area contributed by atoms with Gasteiger partial charge in [-0.05, 0) is 31.2 Å². The fourth-order valence-electron chi connectivity index (χ4n) is 1.23. The first-order valence-electron chi connectivity index (χ1n) is 5.46. The van der Waals surface area contributed by atoms with Crippen LogP contribution in [0.3, 0.4) is 0 Å². The van der Waals surface area contributed by atoms with Gasteiger partial charge in [0, 0.05) is 12.4 Å². The summed E-state index contributed by atoms with van der Waals surface area (Å²) in [7, 11) is -3.45. The first kappa shape index (κ1) is 14.8. The third-order valence-electron chi connectivity index (χ3n) is 2.08. The minimum absolute atomic E-state index is 0.0798. The summed E-state index contributed by atoms with van der Waals surface area (Å²) in [5, 5.41) is 10.1. The second kappa shape index (κ2) is 7.27. The zero-order valence-corrected chi connectivity index (χ0v) is 11.2. The molecule has 19 heavy (non-hydrogen) atoms. The number of aromatic nitrogens is 1. The smallest absolute Gasteiger partial charge is 0.223 e. The maximum atomic E-state index is 12.0. The Kier molecular flexibility index (Phi) is 5.69. The van der Waals surface area contributed by atoms with E-state index in [9.17, 15) is 8.42 Å². The number of benzene rings is 1. The SMILES string of the molecule is C/C=N/O.O=S(=O)(c1ccccc1)c1ccccn1. The third kappa shape index (κ3) is 4.18. The molecule has 0 saturated carbocycles. The van der Waals surface area contributed by atoms with Gasteiger partial charge in [-0.15, -0.1) is 5.16 Å². The quantitative estimate of drug-likeness (QED) is 0.519. The van der Waals surface area contributed by atoms with Gasteiger partial charge >= 0.3 is 0 Å². The first-order valence-corrected chi connectivity index (χ1v) is 6.94. The fraction of sp³-hybridized carbons (Fsp3) is 0.0769. The van der Waals surface area contributed by atoms with E-state index in [-0.39, 0.29) is 9.92 Å². The van der Waals surface area contributed by atoms with Crippen molar-refractivity contribution in [3.63, 3.8) is 0 Å². The number of hydrogen-bond acceptors (Lipinski definition) is 5. The van der Waals surface area contributed by atoms with Crippen molar-refractivity contribution in [3.8, 4) is 0 Å². The van der Waals surface area contributed by atoms with Crippen LogP contribution in [0.15, 0.2) is 69.8 Å². The van der Waals surface area contributed by atoms with Crippen LogP contribution in [0.1, 0.15) is 6.92 Å². The molecule has 0 aliphatic carbocycles. The van der Waals surface area contributed by atoms with Gasteiger partial charge in [-0.25, -0.2) is 13.4 Å². The number of pyridine rings is 1. The Labute approximate surface area is 112 Å². The van der Waals surface area contributed by atoms with E-state index in [1.54, 1.807) is 49.4 Å². The predicted octanol–water partition coefficient (Wildman–Crippen LogP) is 2.38. The summed E-state index contributed by atoms with van der Waals surface area (Å²) >= 11 is 0. The summed E-state index contributed by atoms with van der Waals surface area (Å²) in [4.78, 5) is 4.11. The van der Waals surface area contributed by atoms with E-state index in [0.717, 1.165) is 0 Å². The van der Waals surface area contributed by atoms with Gasteiger partial charge in [0.2, 0.25) is 9.84 Å². The topological polar surface area (TPSA) is 79.6 Å². The van der Waals surface area contributed by atoms with Gasteiger partial charge in [0.15, 0.2) is 5.03 Å². The monoisotopic (exact) mass is 278 g/mol. The standard InChI is InChI=1S/C11H9NO2S.C2H5NO/c13-15(14,10-6-2-1-3-7-10)11-8-4-5-9-12-11;1-2-3-4/h1-9H;2,4H,1H3/b;3-2+. The zero-order valence-electron chi connectivity index (χ0n) is 10.3. The Morgan fingerprint density at radius 1 is 1.11 bits per heavy atom. The molecule has 5 nitrogen and oxygen atoms in total. The number of oxime groups is 1. The molecule has 0 radical (unpaired) electrons. The molecule has 0 amide bonds. The molecule has 0 unspecified atom stereocenters. The maximum Gasteiger partial charge on any atom is 0.223 e. The summed E-state index contributed by atoms with van der Waals surface area (Å²) in [5.74, 6) is 0. The molecule has 0 saturated heterocycles. The molecule has 100 valence electrons. The fourth-order valence-corrected chi connectivity index (χ4v) is 2.44. The summed E-state index contributed by atoms with van der Waals surface area (Å²) in [5.41, 5.74) is 0. The Morgan fingerprint density at radius 2 is 1.68 bits per heavy atom. The van der Waals surface area contributed by atoms with Crippen molar-refractivity contribution in [1.29, 1.82) is 0 Å². The molecule has 0 atom stereocenters. The van der Waals surface area contributed by atoms with E-state index in [1.165, 1.54) is 18.5 Å². The molecule has 2 aromatic rings. The van der Waals surface area contributed by atoms with Crippen molar-refractivity contribution >= 4 is 16.1 Å². The second-order valence-electron chi connectivity index (χ2n) is 3.36. The van der Waals surface area contributed by atoms with Crippen LogP contribution in [0, 0.1) is 0 Å². The molecule has 0 bridgehead atoms. The third-order valence-corrected chi connectivity index (χ3v) is 3.77. The van der Waals surface area contributed by atoms with Crippen LogP contribution in [0.2, 0.25) is 0 Å². The number of nitrogens with zero attached hydrogens (tertiary/aromatic N) is 2. The van der Waals surface area contributed by atoms with Gasteiger partial charge in [0.1, 0.15) is 0 Å². The van der Waals surface area contributed by atoms with E-state index >= 15 is 0 Å². The molecule has 1 heterocycles. The van der Waals surface area contributed by atoms with Crippen molar-refractivity contribution in [1.82, 2.24) is 4.98 Å². The van der Waals surface area contributed by atoms with E-state index < -0.39 is 9.84 Å². The Morgan fingerprint density at radius 3 is 2.16 bits per heavy atom. The molecular weight excluding hydrogens is 264 g/mol. The van der Waals surface area contributed by atoms with Gasteiger partial charge in [0.05, 0.1) is 4.90 Å². The van der Waals surface area contributed by atoms with Crippen molar-refractivity contribution in [2.75, 3.05) is 0 Å². The molecule has 1 aromatic heterocycles. The van der Waals surface area contributed by atoms with Crippen molar-refractivity contribution in [2.45, 2.75) is 16.8 Å². The van der Waals surface area contributed by atoms with Crippen LogP contribution in [0.5, 0.6) is 0 Å². The lowest BCUT2D eigenvalue weighted by Crippen LogP contribution is -2.03. The zero-order chi connectivity index (χ0) is 14.1. The molecule has 6 heteroatoms. The van der Waals surface area contributed by atoms with Gasteiger partial charge in [-0.1, -0.05) is 24.3 Å². The maximum absolute atomic E-state index is 12.0. The highest BCUT2D eigenvalue weighted by Crippen LogP contribution is 2.17. The normalized spacial score (nSPS) is 10.8. The van der Waals surface area contributed by atoms with Crippen molar-refractivity contribution in [2.24, 2.45) is 5.16 Å². The van der Waals surface area contributed by atoms with Crippen LogP contribution in [-0.2, 0) is 9.84 Å². The lowest BCUT2D eigenvalue weighted by molar-refractivity contribution is 0.321. The summed E-state index contributed by atoms with van der Waals surface area (Å²) in [6.07, 6.45) is 2.77. The molecule has 0 fully saturated rings. The van der Waals surface area contributed by atoms with Crippen LogP contribution < -0.4 is 0 Å². The Hall–Kier alpha value is -2.21. The summed E-state index contributed by atoms with van der Waals surface area (Å²) < 4.78 is 23.9. The highest BCUT2D eigenvalue weighted by molar-refractivity contribution is 7.91. The van der Waals surface area contributed by atoms with E-state index in [4.69, 9.17) is 5.21 Å². The lowest BCUT2D eigenvalue weighted by Gasteiger charge is -2.02. The van der Waals surface area contributed by atoms with Crippen LogP contribution in [-0.4, -0.2) is 24.8 Å². The molecule has 0 aliphatic rings. The van der Waals surface area contributed by atoms with Crippen LogP contribution in [0.25, 0.3) is 0 Å². The van der Waals surface area contributed by atoms with Crippen LogP contribution >= 0.6 is 0 Å².